The lowest BCUT2D eigenvalue weighted by atomic mass is 10.1. The number of benzene rings is 1. The molecule has 1 saturated carbocycles. The van der Waals surface area contributed by atoms with Crippen LogP contribution >= 0.6 is 0 Å². The lowest BCUT2D eigenvalue weighted by Crippen LogP contribution is -2.41. The zero-order valence-corrected chi connectivity index (χ0v) is 14.5. The fraction of sp³-hybridized carbons (Fsp3) is 0.474. The summed E-state index contributed by atoms with van der Waals surface area (Å²) in [5.74, 6) is -0.681. The standard InChI is InChI=1S/C19H23F3N2O2/c1-2-17(25)23-15-7-5-6-14(12-15)13-18(26)24(11-10-19(20,21)22)16-8-3-4-9-16/h2,5-7,12,16H,1,3-4,8-11,13H2,(H,23,25). The number of amides is 2. The van der Waals surface area contributed by atoms with Gasteiger partial charge >= 0.3 is 6.18 Å². The van der Waals surface area contributed by atoms with E-state index < -0.39 is 12.6 Å². The number of hydrogen-bond acceptors (Lipinski definition) is 2. The molecule has 0 aliphatic heterocycles. The van der Waals surface area contributed by atoms with Crippen molar-refractivity contribution in [3.8, 4) is 0 Å². The third-order valence-corrected chi connectivity index (χ3v) is 4.46. The van der Waals surface area contributed by atoms with Gasteiger partial charge in [-0.1, -0.05) is 31.6 Å². The van der Waals surface area contributed by atoms with Gasteiger partial charge in [0.15, 0.2) is 0 Å². The summed E-state index contributed by atoms with van der Waals surface area (Å²) in [4.78, 5) is 25.4. The van der Waals surface area contributed by atoms with E-state index in [1.807, 2.05) is 0 Å². The van der Waals surface area contributed by atoms with Crippen LogP contribution in [0.1, 0.15) is 37.7 Å². The first kappa shape index (κ1) is 20.0. The number of hydrogen-bond donors (Lipinski definition) is 1. The molecule has 1 aromatic rings. The SMILES string of the molecule is C=CC(=O)Nc1cccc(CC(=O)N(CCC(F)(F)F)C2CCCC2)c1. The van der Waals surface area contributed by atoms with E-state index in [-0.39, 0.29) is 30.8 Å². The monoisotopic (exact) mass is 368 g/mol. The maximum Gasteiger partial charge on any atom is 0.390 e. The molecule has 1 N–H and O–H groups in total. The average molecular weight is 368 g/mol. The van der Waals surface area contributed by atoms with Gasteiger partial charge in [0.2, 0.25) is 11.8 Å². The largest absolute Gasteiger partial charge is 0.390 e. The molecule has 1 fully saturated rings. The Morgan fingerprint density at radius 1 is 1.27 bits per heavy atom. The minimum absolute atomic E-state index is 0.00611. The Bertz CT molecular complexity index is 652. The van der Waals surface area contributed by atoms with Crippen molar-refractivity contribution in [3.63, 3.8) is 0 Å². The molecule has 1 aliphatic carbocycles. The zero-order valence-electron chi connectivity index (χ0n) is 14.5. The van der Waals surface area contributed by atoms with Gasteiger partial charge in [0.25, 0.3) is 0 Å². The molecule has 0 saturated heterocycles. The highest BCUT2D eigenvalue weighted by Crippen LogP contribution is 2.27. The van der Waals surface area contributed by atoms with Crippen LogP contribution in [0.5, 0.6) is 0 Å². The third kappa shape index (κ3) is 6.20. The minimum Gasteiger partial charge on any atom is -0.339 e. The van der Waals surface area contributed by atoms with Crippen LogP contribution in [0, 0.1) is 0 Å². The Labute approximate surface area is 151 Å². The molecule has 4 nitrogen and oxygen atoms in total. The van der Waals surface area contributed by atoms with Crippen molar-refractivity contribution in [2.24, 2.45) is 0 Å². The molecular formula is C19H23F3N2O2. The Morgan fingerprint density at radius 3 is 2.58 bits per heavy atom. The molecule has 1 aromatic carbocycles. The Balaban J connectivity index is 2.06. The summed E-state index contributed by atoms with van der Waals surface area (Å²) in [6.07, 6.45) is -0.773. The first-order chi connectivity index (χ1) is 12.3. The van der Waals surface area contributed by atoms with Gasteiger partial charge in [0.1, 0.15) is 0 Å². The highest BCUT2D eigenvalue weighted by Gasteiger charge is 2.32. The van der Waals surface area contributed by atoms with Gasteiger partial charge in [-0.3, -0.25) is 9.59 Å². The third-order valence-electron chi connectivity index (χ3n) is 4.46. The maximum atomic E-state index is 12.7. The fourth-order valence-corrected chi connectivity index (χ4v) is 3.20. The number of nitrogens with zero attached hydrogens (tertiary/aromatic N) is 1. The Hall–Kier alpha value is -2.31. The molecule has 7 heteroatoms. The van der Waals surface area contributed by atoms with E-state index in [2.05, 4.69) is 11.9 Å². The quantitative estimate of drug-likeness (QED) is 0.738. The molecule has 0 unspecified atom stereocenters. The molecule has 0 radical (unpaired) electrons. The van der Waals surface area contributed by atoms with Crippen LogP contribution < -0.4 is 5.32 Å². The second-order valence-corrected chi connectivity index (χ2v) is 6.46. The van der Waals surface area contributed by atoms with E-state index in [4.69, 9.17) is 0 Å². The molecular weight excluding hydrogens is 345 g/mol. The Morgan fingerprint density at radius 2 is 1.96 bits per heavy atom. The van der Waals surface area contributed by atoms with Crippen molar-refractivity contribution >= 4 is 17.5 Å². The van der Waals surface area contributed by atoms with Crippen LogP contribution in [-0.4, -0.2) is 35.5 Å². The molecule has 0 atom stereocenters. The summed E-state index contributed by atoms with van der Waals surface area (Å²) in [5, 5.41) is 2.60. The molecule has 0 bridgehead atoms. The van der Waals surface area contributed by atoms with E-state index in [1.54, 1.807) is 24.3 Å². The Kier molecular flexibility index (Phi) is 6.83. The molecule has 0 aromatic heterocycles. The number of halogens is 3. The van der Waals surface area contributed by atoms with Gasteiger partial charge in [-0.25, -0.2) is 0 Å². The number of alkyl halides is 3. The van der Waals surface area contributed by atoms with Crippen LogP contribution in [0.3, 0.4) is 0 Å². The lowest BCUT2D eigenvalue weighted by molar-refractivity contribution is -0.147. The van der Waals surface area contributed by atoms with E-state index in [1.165, 1.54) is 4.90 Å². The molecule has 26 heavy (non-hydrogen) atoms. The topological polar surface area (TPSA) is 49.4 Å². The summed E-state index contributed by atoms with van der Waals surface area (Å²) >= 11 is 0. The summed E-state index contributed by atoms with van der Waals surface area (Å²) in [7, 11) is 0. The predicted molar refractivity (Wildman–Crippen MR) is 93.6 cm³/mol. The highest BCUT2D eigenvalue weighted by atomic mass is 19.4. The molecule has 0 heterocycles. The van der Waals surface area contributed by atoms with Crippen LogP contribution in [0.15, 0.2) is 36.9 Å². The number of carbonyl (C=O) groups is 2. The van der Waals surface area contributed by atoms with Gasteiger partial charge in [0, 0.05) is 18.3 Å². The molecule has 2 rings (SSSR count). The van der Waals surface area contributed by atoms with Gasteiger partial charge in [-0.15, -0.1) is 0 Å². The number of carbonyl (C=O) groups excluding carboxylic acids is 2. The normalized spacial score (nSPS) is 14.9. The van der Waals surface area contributed by atoms with E-state index in [0.717, 1.165) is 31.8 Å². The van der Waals surface area contributed by atoms with Crippen LogP contribution in [-0.2, 0) is 16.0 Å². The number of anilines is 1. The minimum atomic E-state index is -4.29. The first-order valence-corrected chi connectivity index (χ1v) is 8.67. The van der Waals surface area contributed by atoms with Gasteiger partial charge in [-0.2, -0.15) is 13.2 Å². The number of nitrogens with one attached hydrogen (secondary N) is 1. The molecule has 1 aliphatic rings. The fourth-order valence-electron chi connectivity index (χ4n) is 3.20. The predicted octanol–water partition coefficient (Wildman–Crippen LogP) is 4.08. The van der Waals surface area contributed by atoms with Crippen LogP contribution in [0.25, 0.3) is 0 Å². The summed E-state index contributed by atoms with van der Waals surface area (Å²) in [6.45, 7) is 3.06. The van der Waals surface area contributed by atoms with E-state index >= 15 is 0 Å². The van der Waals surface area contributed by atoms with Crippen LogP contribution in [0.4, 0.5) is 18.9 Å². The van der Waals surface area contributed by atoms with E-state index in [0.29, 0.717) is 11.3 Å². The maximum absolute atomic E-state index is 12.7. The lowest BCUT2D eigenvalue weighted by Gasteiger charge is -2.29. The van der Waals surface area contributed by atoms with Crippen molar-refractivity contribution in [2.45, 2.75) is 50.7 Å². The molecule has 0 spiro atoms. The van der Waals surface area contributed by atoms with Crippen molar-refractivity contribution in [3.05, 3.63) is 42.5 Å². The van der Waals surface area contributed by atoms with Crippen molar-refractivity contribution in [1.82, 2.24) is 4.90 Å². The van der Waals surface area contributed by atoms with Crippen molar-refractivity contribution in [2.75, 3.05) is 11.9 Å². The van der Waals surface area contributed by atoms with Crippen molar-refractivity contribution in [1.29, 1.82) is 0 Å². The zero-order chi connectivity index (χ0) is 19.2. The summed E-state index contributed by atoms with van der Waals surface area (Å²) < 4.78 is 37.8. The first-order valence-electron chi connectivity index (χ1n) is 8.67. The summed E-state index contributed by atoms with van der Waals surface area (Å²) in [5.41, 5.74) is 1.16. The second kappa shape index (κ2) is 8.87. The highest BCUT2D eigenvalue weighted by molar-refractivity contribution is 5.98. The van der Waals surface area contributed by atoms with Crippen LogP contribution in [0.2, 0.25) is 0 Å². The van der Waals surface area contributed by atoms with Gasteiger partial charge in [0.05, 0.1) is 12.8 Å². The van der Waals surface area contributed by atoms with Gasteiger partial charge in [-0.05, 0) is 36.6 Å². The average Bonchev–Trinajstić information content (AvgIpc) is 3.08. The smallest absolute Gasteiger partial charge is 0.339 e. The van der Waals surface area contributed by atoms with Gasteiger partial charge < -0.3 is 10.2 Å². The number of rotatable bonds is 7. The summed E-state index contributed by atoms with van der Waals surface area (Å²) in [6, 6.07) is 6.62. The van der Waals surface area contributed by atoms with Crippen molar-refractivity contribution < 1.29 is 22.8 Å². The molecule has 142 valence electrons. The molecule has 2 amide bonds. The second-order valence-electron chi connectivity index (χ2n) is 6.46. The van der Waals surface area contributed by atoms with E-state index in [9.17, 15) is 22.8 Å².